The molecule has 0 fully saturated rings. The van der Waals surface area contributed by atoms with Gasteiger partial charge < -0.3 is 15.7 Å². The quantitative estimate of drug-likeness (QED) is 0.635. The first-order chi connectivity index (χ1) is 7.63. The van der Waals surface area contributed by atoms with Crippen molar-refractivity contribution in [1.82, 2.24) is 10.6 Å². The average molecular weight is 244 g/mol. The standard InChI is InChI=1S/C13H28N2O2/c1-7-12(4,5)15-11(16)10(3)14-9-13(6,17)8-2/h10,14,17H,7-9H2,1-6H3,(H,15,16). The van der Waals surface area contributed by atoms with Gasteiger partial charge in [0.25, 0.3) is 0 Å². The normalized spacial score (nSPS) is 17.4. The van der Waals surface area contributed by atoms with Gasteiger partial charge in [-0.15, -0.1) is 0 Å². The van der Waals surface area contributed by atoms with E-state index in [9.17, 15) is 9.90 Å². The third-order valence-electron chi connectivity index (χ3n) is 3.29. The van der Waals surface area contributed by atoms with Crippen LogP contribution in [-0.4, -0.2) is 34.7 Å². The predicted molar refractivity (Wildman–Crippen MR) is 70.9 cm³/mol. The minimum absolute atomic E-state index is 0.0243. The van der Waals surface area contributed by atoms with Crippen molar-refractivity contribution < 1.29 is 9.90 Å². The van der Waals surface area contributed by atoms with Crippen LogP contribution in [0.5, 0.6) is 0 Å². The van der Waals surface area contributed by atoms with Gasteiger partial charge in [-0.3, -0.25) is 4.79 Å². The molecule has 0 aromatic carbocycles. The zero-order valence-corrected chi connectivity index (χ0v) is 12.1. The molecule has 0 radical (unpaired) electrons. The van der Waals surface area contributed by atoms with Gasteiger partial charge in [0.2, 0.25) is 5.91 Å². The smallest absolute Gasteiger partial charge is 0.237 e. The Hall–Kier alpha value is -0.610. The van der Waals surface area contributed by atoms with Crippen LogP contribution in [0.15, 0.2) is 0 Å². The second kappa shape index (κ2) is 6.36. The molecule has 0 saturated carbocycles. The van der Waals surface area contributed by atoms with Crippen LogP contribution in [0.4, 0.5) is 0 Å². The van der Waals surface area contributed by atoms with Gasteiger partial charge in [-0.05, 0) is 40.5 Å². The highest BCUT2D eigenvalue weighted by atomic mass is 16.3. The molecule has 102 valence electrons. The molecule has 0 rings (SSSR count). The number of hydrogen-bond acceptors (Lipinski definition) is 3. The van der Waals surface area contributed by atoms with E-state index in [2.05, 4.69) is 10.6 Å². The Morgan fingerprint density at radius 3 is 2.18 bits per heavy atom. The van der Waals surface area contributed by atoms with Crippen molar-refractivity contribution in [2.24, 2.45) is 0 Å². The fourth-order valence-corrected chi connectivity index (χ4v) is 1.12. The van der Waals surface area contributed by atoms with Gasteiger partial charge >= 0.3 is 0 Å². The average Bonchev–Trinajstić information content (AvgIpc) is 2.25. The summed E-state index contributed by atoms with van der Waals surface area (Å²) in [6.07, 6.45) is 1.55. The van der Waals surface area contributed by atoms with Crippen LogP contribution in [0, 0.1) is 0 Å². The van der Waals surface area contributed by atoms with Gasteiger partial charge in [-0.25, -0.2) is 0 Å². The van der Waals surface area contributed by atoms with E-state index in [4.69, 9.17) is 0 Å². The molecule has 2 atom stereocenters. The summed E-state index contributed by atoms with van der Waals surface area (Å²) < 4.78 is 0. The number of aliphatic hydroxyl groups is 1. The summed E-state index contributed by atoms with van der Waals surface area (Å²) in [5.41, 5.74) is -0.935. The van der Waals surface area contributed by atoms with Gasteiger partial charge in [-0.2, -0.15) is 0 Å². The van der Waals surface area contributed by atoms with E-state index in [-0.39, 0.29) is 17.5 Å². The lowest BCUT2D eigenvalue weighted by Crippen LogP contribution is -2.52. The summed E-state index contributed by atoms with van der Waals surface area (Å²) >= 11 is 0. The maximum Gasteiger partial charge on any atom is 0.237 e. The molecule has 17 heavy (non-hydrogen) atoms. The van der Waals surface area contributed by atoms with Crippen LogP contribution in [0.25, 0.3) is 0 Å². The SMILES string of the molecule is CCC(C)(O)CNC(C)C(=O)NC(C)(C)CC. The molecule has 3 N–H and O–H groups in total. The van der Waals surface area contributed by atoms with Crippen molar-refractivity contribution in [2.75, 3.05) is 6.54 Å². The highest BCUT2D eigenvalue weighted by molar-refractivity contribution is 5.81. The Labute approximate surface area is 105 Å². The van der Waals surface area contributed by atoms with Crippen LogP contribution in [0.1, 0.15) is 54.4 Å². The molecule has 0 aliphatic carbocycles. The molecular formula is C13H28N2O2. The zero-order valence-electron chi connectivity index (χ0n) is 12.1. The highest BCUT2D eigenvalue weighted by Crippen LogP contribution is 2.08. The predicted octanol–water partition coefficient (Wildman–Crippen LogP) is 1.43. The molecule has 0 saturated heterocycles. The summed E-state index contributed by atoms with van der Waals surface area (Å²) in [7, 11) is 0. The van der Waals surface area contributed by atoms with E-state index in [1.807, 2.05) is 34.6 Å². The molecule has 0 aromatic rings. The van der Waals surface area contributed by atoms with E-state index < -0.39 is 5.60 Å². The number of rotatable bonds is 7. The first kappa shape index (κ1) is 16.4. The third kappa shape index (κ3) is 6.64. The monoisotopic (exact) mass is 244 g/mol. The van der Waals surface area contributed by atoms with Gasteiger partial charge in [-0.1, -0.05) is 13.8 Å². The summed E-state index contributed by atoms with van der Waals surface area (Å²) in [5.74, 6) is -0.0243. The first-order valence-electron chi connectivity index (χ1n) is 6.41. The minimum Gasteiger partial charge on any atom is -0.389 e. The van der Waals surface area contributed by atoms with Gasteiger partial charge in [0.1, 0.15) is 0 Å². The fraction of sp³-hybridized carbons (Fsp3) is 0.923. The van der Waals surface area contributed by atoms with E-state index >= 15 is 0 Å². The number of hydrogen-bond donors (Lipinski definition) is 3. The first-order valence-corrected chi connectivity index (χ1v) is 6.41. The van der Waals surface area contributed by atoms with Crippen LogP contribution in [-0.2, 0) is 4.79 Å². The van der Waals surface area contributed by atoms with E-state index in [1.54, 1.807) is 6.92 Å². The Bertz CT molecular complexity index is 250. The Balaban J connectivity index is 4.16. The van der Waals surface area contributed by atoms with Crippen LogP contribution < -0.4 is 10.6 Å². The maximum atomic E-state index is 11.9. The molecule has 0 aromatic heterocycles. The minimum atomic E-state index is -0.755. The van der Waals surface area contributed by atoms with Gasteiger partial charge in [0, 0.05) is 12.1 Å². The summed E-state index contributed by atoms with van der Waals surface area (Å²) in [6, 6.07) is -0.293. The summed E-state index contributed by atoms with van der Waals surface area (Å²) in [5, 5.41) is 15.9. The highest BCUT2D eigenvalue weighted by Gasteiger charge is 2.24. The molecule has 4 nitrogen and oxygen atoms in total. The van der Waals surface area contributed by atoms with Crippen LogP contribution in [0.3, 0.4) is 0 Å². The molecule has 0 bridgehead atoms. The molecule has 0 aliphatic heterocycles. The number of amides is 1. The van der Waals surface area contributed by atoms with Crippen LogP contribution in [0.2, 0.25) is 0 Å². The molecule has 1 amide bonds. The van der Waals surface area contributed by atoms with Crippen molar-refractivity contribution in [1.29, 1.82) is 0 Å². The summed E-state index contributed by atoms with van der Waals surface area (Å²) in [6.45, 7) is 12.0. The number of carbonyl (C=O) groups is 1. The Morgan fingerprint density at radius 2 is 1.76 bits per heavy atom. The maximum absolute atomic E-state index is 11.9. The second-order valence-electron chi connectivity index (χ2n) is 5.68. The van der Waals surface area contributed by atoms with E-state index in [0.717, 1.165) is 6.42 Å². The number of carbonyl (C=O) groups excluding carboxylic acids is 1. The molecule has 0 aliphatic rings. The third-order valence-corrected chi connectivity index (χ3v) is 3.29. The summed E-state index contributed by atoms with van der Waals surface area (Å²) in [4.78, 5) is 11.9. The van der Waals surface area contributed by atoms with Gasteiger partial charge in [0.15, 0.2) is 0 Å². The van der Waals surface area contributed by atoms with Crippen molar-refractivity contribution in [2.45, 2.75) is 71.6 Å². The molecule has 0 heterocycles. The van der Waals surface area contributed by atoms with Gasteiger partial charge in [0.05, 0.1) is 11.6 Å². The largest absolute Gasteiger partial charge is 0.389 e. The molecule has 4 heteroatoms. The van der Waals surface area contributed by atoms with Crippen molar-refractivity contribution in [3.05, 3.63) is 0 Å². The zero-order chi connectivity index (χ0) is 13.7. The van der Waals surface area contributed by atoms with E-state index in [0.29, 0.717) is 13.0 Å². The fourth-order valence-electron chi connectivity index (χ4n) is 1.12. The van der Waals surface area contributed by atoms with E-state index in [1.165, 1.54) is 0 Å². The lowest BCUT2D eigenvalue weighted by molar-refractivity contribution is -0.124. The topological polar surface area (TPSA) is 61.4 Å². The van der Waals surface area contributed by atoms with Crippen LogP contribution >= 0.6 is 0 Å². The van der Waals surface area contributed by atoms with Crippen molar-refractivity contribution in [3.63, 3.8) is 0 Å². The second-order valence-corrected chi connectivity index (χ2v) is 5.68. The lowest BCUT2D eigenvalue weighted by atomic mass is 10.0. The van der Waals surface area contributed by atoms with Crippen molar-refractivity contribution >= 4 is 5.91 Å². The van der Waals surface area contributed by atoms with Crippen molar-refractivity contribution in [3.8, 4) is 0 Å². The number of nitrogens with one attached hydrogen (secondary N) is 2. The molecule has 0 spiro atoms. The Kier molecular flexibility index (Phi) is 6.13. The Morgan fingerprint density at radius 1 is 1.24 bits per heavy atom. The molecular weight excluding hydrogens is 216 g/mol. The lowest BCUT2D eigenvalue weighted by Gasteiger charge is -2.28. The molecule has 2 unspecified atom stereocenters.